The Balaban J connectivity index is 0.00000211. The van der Waals surface area contributed by atoms with Gasteiger partial charge in [-0.15, -0.1) is 0 Å². The van der Waals surface area contributed by atoms with Gasteiger partial charge in [0.1, 0.15) is 11.9 Å². The Morgan fingerprint density at radius 2 is 1.68 bits per heavy atom. The van der Waals surface area contributed by atoms with Gasteiger partial charge in [0.15, 0.2) is 0 Å². The van der Waals surface area contributed by atoms with E-state index < -0.39 is 5.60 Å². The Bertz CT molecular complexity index is 429. The molecule has 0 bridgehead atoms. The number of rotatable bonds is 7. The fourth-order valence-corrected chi connectivity index (χ4v) is 1.60. The number of carbonyl (C=O) groups excluding carboxylic acids is 2. The summed E-state index contributed by atoms with van der Waals surface area (Å²) >= 11 is 0. The fourth-order valence-electron chi connectivity index (χ4n) is 1.60. The van der Waals surface area contributed by atoms with E-state index in [2.05, 4.69) is 0 Å². The third-order valence-electron chi connectivity index (χ3n) is 2.52. The molecule has 0 spiro atoms. The van der Waals surface area contributed by atoms with Crippen molar-refractivity contribution in [3.63, 3.8) is 0 Å². The van der Waals surface area contributed by atoms with Gasteiger partial charge in [-0.05, 0) is 32.8 Å². The van der Waals surface area contributed by atoms with Gasteiger partial charge in [0.2, 0.25) is 0 Å². The van der Waals surface area contributed by atoms with Gasteiger partial charge in [0.25, 0.3) is 0 Å². The zero-order valence-corrected chi connectivity index (χ0v) is 14.3. The van der Waals surface area contributed by atoms with Crippen LogP contribution in [-0.4, -0.2) is 31.1 Å². The van der Waals surface area contributed by atoms with Crippen LogP contribution in [0, 0.1) is 0 Å². The second kappa shape index (κ2) is 11.0. The van der Waals surface area contributed by atoms with E-state index in [0.717, 1.165) is 18.3 Å². The van der Waals surface area contributed by atoms with Crippen LogP contribution < -0.4 is 0 Å². The highest BCUT2D eigenvalue weighted by Crippen LogP contribution is 2.08. The second-order valence-electron chi connectivity index (χ2n) is 5.56. The highest BCUT2D eigenvalue weighted by molar-refractivity contribution is 5.74. The van der Waals surface area contributed by atoms with Crippen LogP contribution >= 0.6 is 0 Å². The number of esters is 1. The lowest BCUT2D eigenvalue weighted by molar-refractivity contribution is -0.156. The third-order valence-corrected chi connectivity index (χ3v) is 2.52. The van der Waals surface area contributed by atoms with Gasteiger partial charge in [0, 0.05) is 5.56 Å². The van der Waals surface area contributed by atoms with Crippen molar-refractivity contribution in [3.8, 4) is 0 Å². The van der Waals surface area contributed by atoms with Gasteiger partial charge in [-0.2, -0.15) is 0 Å². The van der Waals surface area contributed by atoms with E-state index in [0.29, 0.717) is 18.8 Å². The summed E-state index contributed by atoms with van der Waals surface area (Å²) in [5, 5.41) is 0. The summed E-state index contributed by atoms with van der Waals surface area (Å²) in [6.07, 6.45) is 1.84. The average molecular weight is 308 g/mol. The van der Waals surface area contributed by atoms with Crippen molar-refractivity contribution in [3.05, 3.63) is 35.4 Å². The maximum atomic E-state index is 11.4. The Morgan fingerprint density at radius 3 is 2.18 bits per heavy atom. The summed E-state index contributed by atoms with van der Waals surface area (Å²) in [5.74, 6) is -0.243. The molecule has 22 heavy (non-hydrogen) atoms. The molecule has 4 nitrogen and oxygen atoms in total. The Kier molecular flexibility index (Phi) is 10.1. The van der Waals surface area contributed by atoms with E-state index in [1.807, 2.05) is 46.8 Å². The summed E-state index contributed by atoms with van der Waals surface area (Å²) in [4.78, 5) is 21.9. The summed E-state index contributed by atoms with van der Waals surface area (Å²) in [5.41, 5.74) is 1.32. The average Bonchev–Trinajstić information content (AvgIpc) is 2.48. The van der Waals surface area contributed by atoms with Gasteiger partial charge < -0.3 is 9.47 Å². The Hall–Kier alpha value is -1.68. The maximum absolute atomic E-state index is 11.4. The molecule has 0 saturated heterocycles. The van der Waals surface area contributed by atoms with Crippen molar-refractivity contribution in [2.45, 2.75) is 53.1 Å². The fraction of sp³-hybridized carbons (Fsp3) is 0.556. The number of benzene rings is 1. The van der Waals surface area contributed by atoms with Crippen molar-refractivity contribution in [2.24, 2.45) is 0 Å². The first-order valence-corrected chi connectivity index (χ1v) is 7.74. The molecule has 0 radical (unpaired) electrons. The van der Waals surface area contributed by atoms with Crippen LogP contribution in [0.15, 0.2) is 24.3 Å². The van der Waals surface area contributed by atoms with Crippen LogP contribution in [0.1, 0.15) is 57.0 Å². The molecular formula is C18H28O4. The number of ether oxygens (including phenoxy) is 2. The van der Waals surface area contributed by atoms with Crippen molar-refractivity contribution in [1.82, 2.24) is 0 Å². The van der Waals surface area contributed by atoms with Crippen molar-refractivity contribution >= 4 is 12.3 Å². The number of aldehydes is 1. The van der Waals surface area contributed by atoms with E-state index in [1.165, 1.54) is 0 Å². The Labute approximate surface area is 133 Å². The molecule has 4 heteroatoms. The SMILES string of the molecule is CC.CC(C)(C)OC(=O)CCOCCc1ccc(C=O)cc1. The third kappa shape index (κ3) is 10.1. The summed E-state index contributed by atoms with van der Waals surface area (Å²) in [6.45, 7) is 10.4. The molecule has 0 N–H and O–H groups in total. The van der Waals surface area contributed by atoms with Gasteiger partial charge in [-0.1, -0.05) is 38.1 Å². The molecule has 1 rings (SSSR count). The minimum absolute atomic E-state index is 0.243. The molecule has 0 atom stereocenters. The Morgan fingerprint density at radius 1 is 1.09 bits per heavy atom. The first-order valence-electron chi connectivity index (χ1n) is 7.74. The lowest BCUT2D eigenvalue weighted by Crippen LogP contribution is -2.24. The monoisotopic (exact) mass is 308 g/mol. The second-order valence-corrected chi connectivity index (χ2v) is 5.56. The highest BCUT2D eigenvalue weighted by atomic mass is 16.6. The quantitative estimate of drug-likeness (QED) is 0.436. The van der Waals surface area contributed by atoms with Crippen LogP contribution in [-0.2, 0) is 20.7 Å². The van der Waals surface area contributed by atoms with Gasteiger partial charge >= 0.3 is 5.97 Å². The van der Waals surface area contributed by atoms with Crippen molar-refractivity contribution in [1.29, 1.82) is 0 Å². The van der Waals surface area contributed by atoms with Crippen LogP contribution in [0.2, 0.25) is 0 Å². The molecule has 0 amide bonds. The van der Waals surface area contributed by atoms with Gasteiger partial charge in [-0.3, -0.25) is 9.59 Å². The smallest absolute Gasteiger partial charge is 0.308 e. The molecule has 0 unspecified atom stereocenters. The minimum atomic E-state index is -0.447. The maximum Gasteiger partial charge on any atom is 0.308 e. The topological polar surface area (TPSA) is 52.6 Å². The molecule has 0 heterocycles. The molecule has 0 aliphatic rings. The van der Waals surface area contributed by atoms with E-state index in [1.54, 1.807) is 12.1 Å². The molecule has 124 valence electrons. The van der Waals surface area contributed by atoms with Crippen LogP contribution in [0.4, 0.5) is 0 Å². The van der Waals surface area contributed by atoms with Crippen LogP contribution in [0.3, 0.4) is 0 Å². The van der Waals surface area contributed by atoms with Gasteiger partial charge in [0.05, 0.1) is 19.6 Å². The zero-order valence-electron chi connectivity index (χ0n) is 14.3. The molecule has 1 aromatic carbocycles. The number of hydrogen-bond acceptors (Lipinski definition) is 4. The summed E-state index contributed by atoms with van der Waals surface area (Å²) in [6, 6.07) is 7.37. The molecule has 0 saturated carbocycles. The number of hydrogen-bond donors (Lipinski definition) is 0. The van der Waals surface area contributed by atoms with E-state index >= 15 is 0 Å². The van der Waals surface area contributed by atoms with E-state index in [9.17, 15) is 9.59 Å². The summed E-state index contributed by atoms with van der Waals surface area (Å²) < 4.78 is 10.6. The molecule has 0 fully saturated rings. The van der Waals surface area contributed by atoms with Crippen LogP contribution in [0.25, 0.3) is 0 Å². The summed E-state index contributed by atoms with van der Waals surface area (Å²) in [7, 11) is 0. The predicted molar refractivity (Wildman–Crippen MR) is 88.2 cm³/mol. The van der Waals surface area contributed by atoms with Crippen molar-refractivity contribution in [2.75, 3.05) is 13.2 Å². The first-order chi connectivity index (χ1) is 10.4. The largest absolute Gasteiger partial charge is 0.460 e. The molecule has 0 aromatic heterocycles. The van der Waals surface area contributed by atoms with Gasteiger partial charge in [-0.25, -0.2) is 0 Å². The molecule has 1 aromatic rings. The molecule has 0 aliphatic carbocycles. The molecular weight excluding hydrogens is 280 g/mol. The minimum Gasteiger partial charge on any atom is -0.460 e. The highest BCUT2D eigenvalue weighted by Gasteiger charge is 2.15. The lowest BCUT2D eigenvalue weighted by atomic mass is 10.1. The predicted octanol–water partition coefficient (Wildman–Crippen LogP) is 3.82. The lowest BCUT2D eigenvalue weighted by Gasteiger charge is -2.19. The zero-order chi connectivity index (χ0) is 17.0. The number of carbonyl (C=O) groups is 2. The van der Waals surface area contributed by atoms with Crippen molar-refractivity contribution < 1.29 is 19.1 Å². The molecule has 0 aliphatic heterocycles. The standard InChI is InChI=1S/C16H22O4.C2H6/c1-16(2,3)20-15(18)9-11-19-10-8-13-4-6-14(12-17)7-5-13;1-2/h4-7,12H,8-11H2,1-3H3;1-2H3. The van der Waals surface area contributed by atoms with E-state index in [-0.39, 0.29) is 12.4 Å². The van der Waals surface area contributed by atoms with E-state index in [4.69, 9.17) is 9.47 Å². The normalized spacial score (nSPS) is 10.4. The first kappa shape index (κ1) is 20.3. The van der Waals surface area contributed by atoms with Crippen LogP contribution in [0.5, 0.6) is 0 Å².